The predicted molar refractivity (Wildman–Crippen MR) is 81.9 cm³/mol. The topological polar surface area (TPSA) is 36.3 Å². The minimum Gasteiger partial charge on any atom is -0.486 e. The number of aromatic nitrogens is 2. The van der Waals surface area contributed by atoms with Crippen molar-refractivity contribution >= 4 is 11.3 Å². The van der Waals surface area contributed by atoms with Crippen molar-refractivity contribution in [2.75, 3.05) is 6.61 Å². The lowest BCUT2D eigenvalue weighted by Crippen LogP contribution is -2.33. The zero-order valence-electron chi connectivity index (χ0n) is 11.3. The van der Waals surface area contributed by atoms with E-state index >= 15 is 0 Å². The highest BCUT2D eigenvalue weighted by molar-refractivity contribution is 7.13. The predicted octanol–water partition coefficient (Wildman–Crippen LogP) is 3.45. The number of rotatable bonds is 3. The van der Waals surface area contributed by atoms with Crippen molar-refractivity contribution in [1.82, 2.24) is 9.78 Å². The van der Waals surface area contributed by atoms with Gasteiger partial charge in [-0.1, -0.05) is 18.2 Å². The maximum absolute atomic E-state index is 5.95. The Morgan fingerprint density at radius 3 is 2.90 bits per heavy atom. The molecule has 1 unspecified atom stereocenters. The smallest absolute Gasteiger partial charge is 0.161 e. The van der Waals surface area contributed by atoms with Gasteiger partial charge in [-0.25, -0.2) is 0 Å². The van der Waals surface area contributed by atoms with Gasteiger partial charge in [0.25, 0.3) is 0 Å². The SMILES string of the molecule is c1csc(-c2ccn(CC3COc4ccccc4O3)n2)c1. The Kier molecular flexibility index (Phi) is 3.12. The molecule has 2 aromatic heterocycles. The summed E-state index contributed by atoms with van der Waals surface area (Å²) in [5.41, 5.74) is 1.00. The molecule has 1 aliphatic heterocycles. The molecule has 0 fully saturated rings. The van der Waals surface area contributed by atoms with Crippen LogP contribution < -0.4 is 9.47 Å². The van der Waals surface area contributed by atoms with Crippen LogP contribution in [0.1, 0.15) is 0 Å². The van der Waals surface area contributed by atoms with Gasteiger partial charge in [-0.3, -0.25) is 4.68 Å². The number of thiophene rings is 1. The summed E-state index contributed by atoms with van der Waals surface area (Å²) in [7, 11) is 0. The van der Waals surface area contributed by atoms with Crippen LogP contribution in [0.25, 0.3) is 10.6 Å². The first kappa shape index (κ1) is 12.5. The fourth-order valence-electron chi connectivity index (χ4n) is 2.38. The van der Waals surface area contributed by atoms with Crippen molar-refractivity contribution in [1.29, 1.82) is 0 Å². The molecule has 5 heteroatoms. The number of ether oxygens (including phenoxy) is 2. The highest BCUT2D eigenvalue weighted by Crippen LogP contribution is 2.31. The van der Waals surface area contributed by atoms with Crippen LogP contribution in [0.3, 0.4) is 0 Å². The van der Waals surface area contributed by atoms with Gasteiger partial charge in [-0.15, -0.1) is 11.3 Å². The Balaban J connectivity index is 1.48. The van der Waals surface area contributed by atoms with Crippen LogP contribution >= 0.6 is 11.3 Å². The summed E-state index contributed by atoms with van der Waals surface area (Å²) >= 11 is 1.69. The third kappa shape index (κ3) is 2.52. The lowest BCUT2D eigenvalue weighted by atomic mass is 10.2. The molecule has 1 atom stereocenters. The summed E-state index contributed by atoms with van der Waals surface area (Å²) in [5, 5.41) is 6.65. The maximum atomic E-state index is 5.95. The molecule has 0 saturated heterocycles. The van der Waals surface area contributed by atoms with Crippen LogP contribution in [-0.4, -0.2) is 22.5 Å². The van der Waals surface area contributed by atoms with Crippen LogP contribution in [-0.2, 0) is 6.54 Å². The fraction of sp³-hybridized carbons (Fsp3) is 0.188. The number of hydrogen-bond acceptors (Lipinski definition) is 4. The van der Waals surface area contributed by atoms with Crippen molar-refractivity contribution in [3.05, 3.63) is 54.0 Å². The molecule has 4 nitrogen and oxygen atoms in total. The fourth-order valence-corrected chi connectivity index (χ4v) is 3.07. The lowest BCUT2D eigenvalue weighted by Gasteiger charge is -2.26. The molecular weight excluding hydrogens is 284 g/mol. The number of benzene rings is 1. The zero-order valence-corrected chi connectivity index (χ0v) is 12.1. The summed E-state index contributed by atoms with van der Waals surface area (Å²) in [6.45, 7) is 1.23. The zero-order chi connectivity index (χ0) is 14.1. The third-order valence-electron chi connectivity index (χ3n) is 3.37. The molecule has 3 aromatic rings. The second kappa shape index (κ2) is 5.26. The molecule has 0 radical (unpaired) electrons. The molecule has 3 heterocycles. The van der Waals surface area contributed by atoms with Crippen molar-refractivity contribution in [3.63, 3.8) is 0 Å². The normalized spacial score (nSPS) is 16.9. The lowest BCUT2D eigenvalue weighted by molar-refractivity contribution is 0.0759. The minimum absolute atomic E-state index is 0.0176. The van der Waals surface area contributed by atoms with E-state index in [0.717, 1.165) is 17.2 Å². The van der Waals surface area contributed by atoms with Crippen molar-refractivity contribution in [3.8, 4) is 22.1 Å². The second-order valence-electron chi connectivity index (χ2n) is 4.90. The van der Waals surface area contributed by atoms with E-state index in [1.807, 2.05) is 47.3 Å². The van der Waals surface area contributed by atoms with Gasteiger partial charge in [-0.2, -0.15) is 5.10 Å². The molecule has 0 N–H and O–H groups in total. The molecule has 4 rings (SSSR count). The Morgan fingerprint density at radius 2 is 2.05 bits per heavy atom. The third-order valence-corrected chi connectivity index (χ3v) is 4.26. The Hall–Kier alpha value is -2.27. The number of para-hydroxylation sites is 2. The molecule has 0 amide bonds. The summed E-state index contributed by atoms with van der Waals surface area (Å²) < 4.78 is 13.6. The summed E-state index contributed by atoms with van der Waals surface area (Å²) in [6, 6.07) is 13.9. The van der Waals surface area contributed by atoms with Crippen LogP contribution in [0.5, 0.6) is 11.5 Å². The van der Waals surface area contributed by atoms with E-state index in [-0.39, 0.29) is 6.10 Å². The highest BCUT2D eigenvalue weighted by Gasteiger charge is 2.21. The minimum atomic E-state index is -0.0176. The van der Waals surface area contributed by atoms with Gasteiger partial charge in [0.2, 0.25) is 0 Å². The Labute approximate surface area is 126 Å². The maximum Gasteiger partial charge on any atom is 0.161 e. The van der Waals surface area contributed by atoms with Crippen molar-refractivity contribution in [2.45, 2.75) is 12.6 Å². The van der Waals surface area contributed by atoms with Crippen LogP contribution in [0, 0.1) is 0 Å². The Morgan fingerprint density at radius 1 is 1.14 bits per heavy atom. The van der Waals surface area contributed by atoms with Crippen molar-refractivity contribution in [2.24, 2.45) is 0 Å². The van der Waals surface area contributed by atoms with E-state index in [4.69, 9.17) is 9.47 Å². The van der Waals surface area contributed by atoms with Crippen molar-refractivity contribution < 1.29 is 9.47 Å². The van der Waals surface area contributed by atoms with E-state index < -0.39 is 0 Å². The van der Waals surface area contributed by atoms with Crippen LogP contribution in [0.4, 0.5) is 0 Å². The van der Waals surface area contributed by atoms with Gasteiger partial charge in [-0.05, 0) is 29.6 Å². The molecule has 0 spiro atoms. The van der Waals surface area contributed by atoms with Gasteiger partial charge in [0.15, 0.2) is 17.6 Å². The van der Waals surface area contributed by atoms with Crippen LogP contribution in [0.15, 0.2) is 54.0 Å². The average molecular weight is 298 g/mol. The number of nitrogens with zero attached hydrogens (tertiary/aromatic N) is 2. The molecule has 21 heavy (non-hydrogen) atoms. The van der Waals surface area contributed by atoms with E-state index in [0.29, 0.717) is 13.2 Å². The first-order chi connectivity index (χ1) is 10.4. The highest BCUT2D eigenvalue weighted by atomic mass is 32.1. The molecule has 0 aliphatic carbocycles. The molecule has 1 aliphatic rings. The summed E-state index contributed by atoms with van der Waals surface area (Å²) in [5.74, 6) is 1.62. The van der Waals surface area contributed by atoms with Gasteiger partial charge < -0.3 is 9.47 Å². The van der Waals surface area contributed by atoms with E-state index in [1.54, 1.807) is 11.3 Å². The monoisotopic (exact) mass is 298 g/mol. The van der Waals surface area contributed by atoms with Gasteiger partial charge in [0.1, 0.15) is 12.3 Å². The van der Waals surface area contributed by atoms with Gasteiger partial charge in [0.05, 0.1) is 11.4 Å². The van der Waals surface area contributed by atoms with E-state index in [9.17, 15) is 0 Å². The van der Waals surface area contributed by atoms with Crippen LogP contribution in [0.2, 0.25) is 0 Å². The quantitative estimate of drug-likeness (QED) is 0.743. The number of fused-ring (bicyclic) bond motifs is 1. The van der Waals surface area contributed by atoms with Gasteiger partial charge in [0, 0.05) is 6.20 Å². The van der Waals surface area contributed by atoms with E-state index in [2.05, 4.69) is 16.5 Å². The first-order valence-electron chi connectivity index (χ1n) is 6.84. The number of hydrogen-bond donors (Lipinski definition) is 0. The van der Waals surface area contributed by atoms with E-state index in [1.165, 1.54) is 4.88 Å². The molecule has 106 valence electrons. The molecule has 0 bridgehead atoms. The molecule has 1 aromatic carbocycles. The summed E-state index contributed by atoms with van der Waals surface area (Å²) in [6.07, 6.45) is 1.97. The largest absolute Gasteiger partial charge is 0.486 e. The summed E-state index contributed by atoms with van der Waals surface area (Å²) in [4.78, 5) is 1.18. The second-order valence-corrected chi connectivity index (χ2v) is 5.85. The standard InChI is InChI=1S/C16H14N2O2S/c1-2-5-15-14(4-1)19-11-12(20-15)10-18-8-7-13(17-18)16-6-3-9-21-16/h1-9,12H,10-11H2. The Bertz CT molecular complexity index is 736. The molecular formula is C16H14N2O2S. The average Bonchev–Trinajstić information content (AvgIpc) is 3.18. The first-order valence-corrected chi connectivity index (χ1v) is 7.72. The molecule has 0 saturated carbocycles. The van der Waals surface area contributed by atoms with Gasteiger partial charge >= 0.3 is 0 Å².